The monoisotopic (exact) mass is 235 g/mol. The molecule has 0 unspecified atom stereocenters. The van der Waals surface area contributed by atoms with Crippen molar-refractivity contribution in [3.63, 3.8) is 0 Å². The van der Waals surface area contributed by atoms with Crippen LogP contribution < -0.4 is 5.32 Å². The molecule has 0 saturated carbocycles. The Hall–Kier alpha value is -1.35. The molecular weight excluding hydrogens is 217 g/mol. The van der Waals surface area contributed by atoms with Crippen molar-refractivity contribution < 1.29 is 8.81 Å². The van der Waals surface area contributed by atoms with Crippen molar-refractivity contribution in [1.82, 2.24) is 5.32 Å². The van der Waals surface area contributed by atoms with Crippen LogP contribution in [0.3, 0.4) is 0 Å². The molecule has 0 atom stereocenters. The number of halogens is 1. The summed E-state index contributed by atoms with van der Waals surface area (Å²) in [4.78, 5) is 0. The van der Waals surface area contributed by atoms with E-state index < -0.39 is 0 Å². The second kappa shape index (κ2) is 4.49. The van der Waals surface area contributed by atoms with Gasteiger partial charge in [-0.05, 0) is 44.3 Å². The van der Waals surface area contributed by atoms with Crippen molar-refractivity contribution in [3.05, 3.63) is 35.8 Å². The number of hydrogen-bond acceptors (Lipinski definition) is 2. The van der Waals surface area contributed by atoms with E-state index in [1.165, 1.54) is 12.1 Å². The molecule has 0 radical (unpaired) electrons. The predicted octanol–water partition coefficient (Wildman–Crippen LogP) is 3.46. The number of rotatable bonds is 4. The van der Waals surface area contributed by atoms with Gasteiger partial charge in [-0.15, -0.1) is 0 Å². The summed E-state index contributed by atoms with van der Waals surface area (Å²) in [5.41, 5.74) is 0.706. The van der Waals surface area contributed by atoms with E-state index in [2.05, 4.69) is 19.2 Å². The number of benzene rings is 1. The summed E-state index contributed by atoms with van der Waals surface area (Å²) in [6, 6.07) is 6.56. The second-order valence-electron chi connectivity index (χ2n) is 5.03. The maximum Gasteiger partial charge on any atom is 0.134 e. The zero-order chi connectivity index (χ0) is 12.5. The first-order valence-corrected chi connectivity index (χ1v) is 5.87. The van der Waals surface area contributed by atoms with Gasteiger partial charge in [0.25, 0.3) is 0 Å². The highest BCUT2D eigenvalue weighted by Gasteiger charge is 2.24. The van der Waals surface area contributed by atoms with E-state index in [-0.39, 0.29) is 11.2 Å². The van der Waals surface area contributed by atoms with E-state index in [4.69, 9.17) is 4.42 Å². The van der Waals surface area contributed by atoms with Gasteiger partial charge in [0.15, 0.2) is 0 Å². The highest BCUT2D eigenvalue weighted by atomic mass is 19.1. The third-order valence-corrected chi connectivity index (χ3v) is 3.15. The van der Waals surface area contributed by atoms with Gasteiger partial charge in [0.05, 0.1) is 0 Å². The summed E-state index contributed by atoms with van der Waals surface area (Å²) < 4.78 is 18.9. The third kappa shape index (κ3) is 2.50. The summed E-state index contributed by atoms with van der Waals surface area (Å²) in [6.45, 7) is 5.20. The van der Waals surface area contributed by atoms with Gasteiger partial charge in [-0.25, -0.2) is 4.39 Å². The molecule has 0 aliphatic rings. The van der Waals surface area contributed by atoms with E-state index in [0.717, 1.165) is 29.7 Å². The van der Waals surface area contributed by atoms with Gasteiger partial charge in [-0.2, -0.15) is 0 Å². The average Bonchev–Trinajstić information content (AvgIpc) is 2.70. The van der Waals surface area contributed by atoms with Crippen molar-refractivity contribution in [3.8, 4) is 0 Å². The number of hydrogen-bond donors (Lipinski definition) is 1. The summed E-state index contributed by atoms with van der Waals surface area (Å²) in [5, 5.41) is 3.97. The quantitative estimate of drug-likeness (QED) is 0.878. The van der Waals surface area contributed by atoms with Gasteiger partial charge in [0.1, 0.15) is 17.2 Å². The third-order valence-electron chi connectivity index (χ3n) is 3.15. The van der Waals surface area contributed by atoms with Crippen LogP contribution in [0, 0.1) is 5.82 Å². The van der Waals surface area contributed by atoms with E-state index in [9.17, 15) is 4.39 Å². The topological polar surface area (TPSA) is 25.2 Å². The fraction of sp³-hybridized carbons (Fsp3) is 0.429. The molecule has 1 N–H and O–H groups in total. The summed E-state index contributed by atoms with van der Waals surface area (Å²) in [5.74, 6) is 0.686. The Morgan fingerprint density at radius 3 is 2.76 bits per heavy atom. The molecule has 17 heavy (non-hydrogen) atoms. The lowest BCUT2D eigenvalue weighted by atomic mass is 9.86. The number of nitrogens with one attached hydrogen (secondary N) is 1. The van der Waals surface area contributed by atoms with E-state index in [0.29, 0.717) is 0 Å². The minimum Gasteiger partial charge on any atom is -0.461 e. The summed E-state index contributed by atoms with van der Waals surface area (Å²) in [7, 11) is 1.93. The Kier molecular flexibility index (Phi) is 3.20. The first-order valence-electron chi connectivity index (χ1n) is 5.87. The molecule has 0 fully saturated rings. The van der Waals surface area contributed by atoms with Crippen LogP contribution in [0.1, 0.15) is 26.0 Å². The molecule has 0 saturated heterocycles. The molecule has 2 rings (SSSR count). The Morgan fingerprint density at radius 2 is 2.06 bits per heavy atom. The van der Waals surface area contributed by atoms with Crippen LogP contribution in [-0.4, -0.2) is 13.6 Å². The first-order chi connectivity index (χ1) is 8.03. The summed E-state index contributed by atoms with van der Waals surface area (Å²) in [6.07, 6.45) is 0.978. The molecule has 0 aliphatic carbocycles. The van der Waals surface area contributed by atoms with Gasteiger partial charge in [0.2, 0.25) is 0 Å². The maximum absolute atomic E-state index is 13.1. The lowest BCUT2D eigenvalue weighted by Gasteiger charge is -2.21. The maximum atomic E-state index is 13.1. The molecule has 0 amide bonds. The molecule has 2 aromatic rings. The smallest absolute Gasteiger partial charge is 0.134 e. The van der Waals surface area contributed by atoms with Crippen LogP contribution in [0.4, 0.5) is 4.39 Å². The zero-order valence-corrected chi connectivity index (χ0v) is 10.5. The van der Waals surface area contributed by atoms with Gasteiger partial charge in [-0.1, -0.05) is 13.8 Å². The van der Waals surface area contributed by atoms with Crippen molar-refractivity contribution in [2.24, 2.45) is 0 Å². The van der Waals surface area contributed by atoms with Gasteiger partial charge in [0, 0.05) is 10.8 Å². The Balaban J connectivity index is 2.35. The molecule has 3 heteroatoms. The minimum atomic E-state index is -0.224. The molecule has 1 aromatic carbocycles. The normalized spacial score (nSPS) is 12.2. The fourth-order valence-corrected chi connectivity index (χ4v) is 1.91. The van der Waals surface area contributed by atoms with Crippen LogP contribution in [0.5, 0.6) is 0 Å². The Morgan fingerprint density at radius 1 is 1.29 bits per heavy atom. The lowest BCUT2D eigenvalue weighted by molar-refractivity contribution is 0.375. The molecule has 92 valence electrons. The van der Waals surface area contributed by atoms with E-state index in [1.54, 1.807) is 6.07 Å². The van der Waals surface area contributed by atoms with Crippen LogP contribution in [0.15, 0.2) is 28.7 Å². The van der Waals surface area contributed by atoms with Crippen LogP contribution in [0.2, 0.25) is 0 Å². The van der Waals surface area contributed by atoms with Gasteiger partial charge in [-0.3, -0.25) is 0 Å². The van der Waals surface area contributed by atoms with Crippen molar-refractivity contribution in [2.45, 2.75) is 25.7 Å². The van der Waals surface area contributed by atoms with Crippen molar-refractivity contribution in [2.75, 3.05) is 13.6 Å². The molecule has 1 aromatic heterocycles. The zero-order valence-electron chi connectivity index (χ0n) is 10.5. The number of furan rings is 1. The van der Waals surface area contributed by atoms with Crippen LogP contribution in [-0.2, 0) is 5.41 Å². The van der Waals surface area contributed by atoms with Gasteiger partial charge < -0.3 is 9.73 Å². The lowest BCUT2D eigenvalue weighted by Crippen LogP contribution is -2.22. The summed E-state index contributed by atoms with van der Waals surface area (Å²) >= 11 is 0. The number of fused-ring (bicyclic) bond motifs is 1. The van der Waals surface area contributed by atoms with Gasteiger partial charge >= 0.3 is 0 Å². The highest BCUT2D eigenvalue weighted by Crippen LogP contribution is 2.32. The molecule has 0 spiro atoms. The highest BCUT2D eigenvalue weighted by molar-refractivity contribution is 5.78. The van der Waals surface area contributed by atoms with Crippen LogP contribution >= 0.6 is 0 Å². The second-order valence-corrected chi connectivity index (χ2v) is 5.03. The first kappa shape index (κ1) is 12.1. The molecule has 1 heterocycles. The van der Waals surface area contributed by atoms with Crippen molar-refractivity contribution >= 4 is 11.0 Å². The predicted molar refractivity (Wildman–Crippen MR) is 67.7 cm³/mol. The minimum absolute atomic E-state index is 0.0431. The fourth-order valence-electron chi connectivity index (χ4n) is 1.91. The Bertz CT molecular complexity index is 516. The molecule has 0 aliphatic heterocycles. The van der Waals surface area contributed by atoms with E-state index in [1.807, 2.05) is 13.1 Å². The largest absolute Gasteiger partial charge is 0.461 e. The standard InChI is InChI=1S/C14H18FNO/c1-14(2,6-7-16-3)13-9-10-8-11(15)4-5-12(10)17-13/h4-5,8-9,16H,6-7H2,1-3H3. The Labute approximate surface area is 101 Å². The molecular formula is C14H18FNO. The average molecular weight is 235 g/mol. The van der Waals surface area contributed by atoms with E-state index >= 15 is 0 Å². The molecule has 0 bridgehead atoms. The van der Waals surface area contributed by atoms with Crippen molar-refractivity contribution in [1.29, 1.82) is 0 Å². The SMILES string of the molecule is CNCCC(C)(C)c1cc2cc(F)ccc2o1. The molecule has 2 nitrogen and oxygen atoms in total. The van der Waals surface area contributed by atoms with Crippen LogP contribution in [0.25, 0.3) is 11.0 Å².